The normalized spacial score (nSPS) is 17.1. The summed E-state index contributed by atoms with van der Waals surface area (Å²) < 4.78 is 1.53. The summed E-state index contributed by atoms with van der Waals surface area (Å²) in [6.45, 7) is 1.00. The average Bonchev–Trinajstić information content (AvgIpc) is 2.74. The van der Waals surface area contributed by atoms with Gasteiger partial charge in [-0.25, -0.2) is 0 Å². The number of hydrogen-bond acceptors (Lipinski definition) is 3. The Bertz CT molecular complexity index is 433. The molecule has 0 atom stereocenters. The molecule has 1 N–H and O–H groups in total. The van der Waals surface area contributed by atoms with Crippen LogP contribution in [-0.2, 0) is 11.8 Å². The van der Waals surface area contributed by atoms with E-state index >= 15 is 0 Å². The van der Waals surface area contributed by atoms with E-state index in [1.165, 1.54) is 4.68 Å². The molecule has 1 aromatic heterocycles. The van der Waals surface area contributed by atoms with Gasteiger partial charge in [0.15, 0.2) is 0 Å². The molecule has 0 unspecified atom stereocenters. The minimum Gasteiger partial charge on any atom is -0.481 e. The Labute approximate surface area is 98.8 Å². The van der Waals surface area contributed by atoms with E-state index in [1.807, 2.05) is 0 Å². The molecule has 92 valence electrons. The van der Waals surface area contributed by atoms with Crippen LogP contribution in [0.25, 0.3) is 0 Å². The average molecular weight is 237 g/mol. The highest BCUT2D eigenvalue weighted by atomic mass is 16.4. The fourth-order valence-corrected chi connectivity index (χ4v) is 2.08. The van der Waals surface area contributed by atoms with Gasteiger partial charge in [-0.15, -0.1) is 0 Å². The third-order valence-electron chi connectivity index (χ3n) is 3.17. The minimum atomic E-state index is -0.766. The maximum atomic E-state index is 12.1. The zero-order valence-corrected chi connectivity index (χ0v) is 9.67. The van der Waals surface area contributed by atoms with Crippen molar-refractivity contribution in [2.75, 3.05) is 13.1 Å². The number of rotatable bonds is 2. The summed E-state index contributed by atoms with van der Waals surface area (Å²) in [5, 5.41) is 12.8. The summed E-state index contributed by atoms with van der Waals surface area (Å²) in [5.41, 5.74) is 0.541. The number of hydrogen-bond donors (Lipinski definition) is 1. The van der Waals surface area contributed by atoms with Crippen molar-refractivity contribution >= 4 is 11.9 Å². The van der Waals surface area contributed by atoms with Crippen LogP contribution in [0.4, 0.5) is 0 Å². The van der Waals surface area contributed by atoms with Crippen LogP contribution in [0.5, 0.6) is 0 Å². The molecule has 6 heteroatoms. The zero-order valence-electron chi connectivity index (χ0n) is 9.67. The SMILES string of the molecule is Cn1nccc1C(=O)N1CCC(C(=O)O)CC1. The summed E-state index contributed by atoms with van der Waals surface area (Å²) in [6, 6.07) is 1.67. The Kier molecular flexibility index (Phi) is 3.12. The van der Waals surface area contributed by atoms with E-state index in [-0.39, 0.29) is 11.8 Å². The third kappa shape index (κ3) is 2.30. The monoisotopic (exact) mass is 237 g/mol. The maximum absolute atomic E-state index is 12.1. The lowest BCUT2D eigenvalue weighted by Gasteiger charge is -2.29. The highest BCUT2D eigenvalue weighted by molar-refractivity contribution is 5.92. The molecule has 1 aromatic rings. The van der Waals surface area contributed by atoms with E-state index in [9.17, 15) is 9.59 Å². The Morgan fingerprint density at radius 1 is 1.41 bits per heavy atom. The van der Waals surface area contributed by atoms with Crippen molar-refractivity contribution in [2.45, 2.75) is 12.8 Å². The topological polar surface area (TPSA) is 75.4 Å². The van der Waals surface area contributed by atoms with Crippen LogP contribution in [0.2, 0.25) is 0 Å². The van der Waals surface area contributed by atoms with Gasteiger partial charge in [0.05, 0.1) is 5.92 Å². The molecule has 0 saturated carbocycles. The van der Waals surface area contributed by atoms with Crippen LogP contribution in [0.3, 0.4) is 0 Å². The van der Waals surface area contributed by atoms with E-state index in [0.29, 0.717) is 31.6 Å². The molecule has 1 fully saturated rings. The second kappa shape index (κ2) is 4.57. The van der Waals surface area contributed by atoms with Gasteiger partial charge in [-0.3, -0.25) is 14.3 Å². The van der Waals surface area contributed by atoms with Gasteiger partial charge in [-0.2, -0.15) is 5.10 Å². The molecule has 2 heterocycles. The highest BCUT2D eigenvalue weighted by Gasteiger charge is 2.28. The third-order valence-corrected chi connectivity index (χ3v) is 3.17. The molecule has 0 spiro atoms. The number of amides is 1. The molecule has 1 amide bonds. The highest BCUT2D eigenvalue weighted by Crippen LogP contribution is 2.18. The van der Waals surface area contributed by atoms with Crippen molar-refractivity contribution in [3.05, 3.63) is 18.0 Å². The fourth-order valence-electron chi connectivity index (χ4n) is 2.08. The first kappa shape index (κ1) is 11.6. The van der Waals surface area contributed by atoms with Gasteiger partial charge in [-0.05, 0) is 18.9 Å². The van der Waals surface area contributed by atoms with E-state index in [2.05, 4.69) is 5.10 Å². The first-order chi connectivity index (χ1) is 8.09. The molecule has 0 aliphatic carbocycles. The molecule has 0 radical (unpaired) electrons. The minimum absolute atomic E-state index is 0.0751. The lowest BCUT2D eigenvalue weighted by atomic mass is 9.97. The van der Waals surface area contributed by atoms with Crippen molar-refractivity contribution < 1.29 is 14.7 Å². The van der Waals surface area contributed by atoms with Gasteiger partial charge >= 0.3 is 5.97 Å². The number of aliphatic carboxylic acids is 1. The Hall–Kier alpha value is -1.85. The van der Waals surface area contributed by atoms with Crippen LogP contribution < -0.4 is 0 Å². The van der Waals surface area contributed by atoms with E-state index in [4.69, 9.17) is 5.11 Å². The number of nitrogens with zero attached hydrogens (tertiary/aromatic N) is 3. The predicted octanol–water partition coefficient (Wildman–Crippen LogP) is 0.357. The molecule has 1 aliphatic rings. The second-order valence-electron chi connectivity index (χ2n) is 4.24. The van der Waals surface area contributed by atoms with Gasteiger partial charge in [0.1, 0.15) is 5.69 Å². The largest absolute Gasteiger partial charge is 0.481 e. The van der Waals surface area contributed by atoms with Gasteiger partial charge in [-0.1, -0.05) is 0 Å². The fraction of sp³-hybridized carbons (Fsp3) is 0.545. The quantitative estimate of drug-likeness (QED) is 0.805. The van der Waals surface area contributed by atoms with E-state index in [1.54, 1.807) is 24.2 Å². The Balaban J connectivity index is 2.00. The van der Waals surface area contributed by atoms with Gasteiger partial charge < -0.3 is 10.0 Å². The molecule has 0 bridgehead atoms. The van der Waals surface area contributed by atoms with Crippen LogP contribution in [0.15, 0.2) is 12.3 Å². The molecule has 2 rings (SSSR count). The van der Waals surface area contributed by atoms with Crippen molar-refractivity contribution in [1.29, 1.82) is 0 Å². The summed E-state index contributed by atoms with van der Waals surface area (Å²) in [5.74, 6) is -1.16. The van der Waals surface area contributed by atoms with Crippen LogP contribution in [0.1, 0.15) is 23.3 Å². The second-order valence-corrected chi connectivity index (χ2v) is 4.24. The predicted molar refractivity (Wildman–Crippen MR) is 59.5 cm³/mol. The molecular weight excluding hydrogens is 222 g/mol. The number of likely N-dealkylation sites (tertiary alicyclic amines) is 1. The van der Waals surface area contributed by atoms with Crippen molar-refractivity contribution in [3.8, 4) is 0 Å². The number of carbonyl (C=O) groups excluding carboxylic acids is 1. The number of aromatic nitrogens is 2. The van der Waals surface area contributed by atoms with Crippen LogP contribution in [-0.4, -0.2) is 44.8 Å². The molecule has 17 heavy (non-hydrogen) atoms. The van der Waals surface area contributed by atoms with E-state index in [0.717, 1.165) is 0 Å². The number of aryl methyl sites for hydroxylation is 1. The molecular formula is C11H15N3O3. The summed E-state index contributed by atoms with van der Waals surface area (Å²) in [7, 11) is 1.72. The standard InChI is InChI=1S/C11H15N3O3/c1-13-9(2-5-12-13)10(15)14-6-3-8(4-7-14)11(16)17/h2,5,8H,3-4,6-7H2,1H3,(H,16,17). The zero-order chi connectivity index (χ0) is 12.4. The molecule has 1 saturated heterocycles. The first-order valence-electron chi connectivity index (χ1n) is 5.59. The van der Waals surface area contributed by atoms with E-state index < -0.39 is 5.97 Å². The molecule has 1 aliphatic heterocycles. The van der Waals surface area contributed by atoms with Gasteiger partial charge in [0.2, 0.25) is 0 Å². The summed E-state index contributed by atoms with van der Waals surface area (Å²) in [4.78, 5) is 24.6. The smallest absolute Gasteiger partial charge is 0.306 e. The lowest BCUT2D eigenvalue weighted by molar-refractivity contribution is -0.143. The van der Waals surface area contributed by atoms with Crippen molar-refractivity contribution in [1.82, 2.24) is 14.7 Å². The van der Waals surface area contributed by atoms with Gasteiger partial charge in [0, 0.05) is 26.3 Å². The lowest BCUT2D eigenvalue weighted by Crippen LogP contribution is -2.40. The number of carboxylic acids is 1. The number of piperidine rings is 1. The van der Waals surface area contributed by atoms with Crippen LogP contribution >= 0.6 is 0 Å². The Morgan fingerprint density at radius 3 is 2.53 bits per heavy atom. The van der Waals surface area contributed by atoms with Crippen LogP contribution in [0, 0.1) is 5.92 Å². The van der Waals surface area contributed by atoms with Crippen molar-refractivity contribution in [3.63, 3.8) is 0 Å². The molecule has 6 nitrogen and oxygen atoms in total. The summed E-state index contributed by atoms with van der Waals surface area (Å²) >= 11 is 0. The van der Waals surface area contributed by atoms with Crippen molar-refractivity contribution in [2.24, 2.45) is 13.0 Å². The van der Waals surface area contributed by atoms with Gasteiger partial charge in [0.25, 0.3) is 5.91 Å². The first-order valence-corrected chi connectivity index (χ1v) is 5.59. The summed E-state index contributed by atoms with van der Waals surface area (Å²) in [6.07, 6.45) is 2.63. The number of carbonyl (C=O) groups is 2. The molecule has 0 aromatic carbocycles. The Morgan fingerprint density at radius 2 is 2.06 bits per heavy atom. The maximum Gasteiger partial charge on any atom is 0.306 e. The number of carboxylic acid groups (broad SMARTS) is 1.